The number of aliphatic hydroxyl groups is 1. The Kier molecular flexibility index (Phi) is 68.2. The molecule has 9 heteroatoms. The highest BCUT2D eigenvalue weighted by molar-refractivity contribution is 7.47. The standard InChI is InChI=1S/C80H149N2O6P/c1-6-8-10-12-14-16-18-20-22-24-26-28-30-32-34-36-38-40-41-42-44-46-48-50-52-54-56-58-60-62-64-66-68-70-72-74-80(84)81-78(77-88-89(85,86)87-76-75-82(3,4)5)79(83)73-71-69-67-65-63-61-59-57-55-53-51-49-47-45-43-39-37-35-33-31-29-27-25-23-21-19-17-15-13-11-9-7-2/h8,10,14,16,20,22,26,28,55,57,63,65,71,73,78-79,83H,6-7,9,11-13,15,17-19,21,23-25,27,29-54,56,58-62,64,66-70,72,74-77H2,1-5H3,(H-,81,84,85,86)/p+1/b10-8-,16-14-,22-20-,28-26-,57-55+,65-63+,73-71+. The summed E-state index contributed by atoms with van der Waals surface area (Å²) in [6.45, 7) is 4.72. The van der Waals surface area contributed by atoms with E-state index in [0.717, 1.165) is 70.6 Å². The topological polar surface area (TPSA) is 105 Å². The second kappa shape index (κ2) is 70.0. The first-order valence-electron chi connectivity index (χ1n) is 38.5. The van der Waals surface area contributed by atoms with Crippen LogP contribution in [0.25, 0.3) is 0 Å². The van der Waals surface area contributed by atoms with E-state index < -0.39 is 20.0 Å². The van der Waals surface area contributed by atoms with Gasteiger partial charge in [0.15, 0.2) is 0 Å². The van der Waals surface area contributed by atoms with Gasteiger partial charge in [0.1, 0.15) is 13.2 Å². The number of likely N-dealkylation sites (N-methyl/N-ethyl adjacent to an activating group) is 1. The molecule has 0 aromatic heterocycles. The molecule has 0 rings (SSSR count). The molecule has 1 amide bonds. The van der Waals surface area contributed by atoms with Gasteiger partial charge in [-0.15, -0.1) is 0 Å². The van der Waals surface area contributed by atoms with Crippen molar-refractivity contribution in [2.75, 3.05) is 40.9 Å². The second-order valence-corrected chi connectivity index (χ2v) is 28.8. The fourth-order valence-corrected chi connectivity index (χ4v) is 12.2. The zero-order valence-electron chi connectivity index (χ0n) is 59.7. The second-order valence-electron chi connectivity index (χ2n) is 27.3. The van der Waals surface area contributed by atoms with Crippen LogP contribution >= 0.6 is 7.82 Å². The van der Waals surface area contributed by atoms with Gasteiger partial charge in [0.05, 0.1) is 39.9 Å². The molecule has 3 N–H and O–H groups in total. The molecule has 0 aliphatic heterocycles. The van der Waals surface area contributed by atoms with Gasteiger partial charge in [-0.1, -0.05) is 362 Å². The third kappa shape index (κ3) is 73.0. The number of phosphoric ester groups is 1. The number of carbonyl (C=O) groups is 1. The molecule has 0 aromatic carbocycles. The Hall–Kier alpha value is -2.32. The molecular weight excluding hydrogens is 1120 g/mol. The van der Waals surface area contributed by atoms with Gasteiger partial charge < -0.3 is 19.8 Å². The molecule has 0 aromatic rings. The van der Waals surface area contributed by atoms with Gasteiger partial charge >= 0.3 is 7.82 Å². The highest BCUT2D eigenvalue weighted by atomic mass is 31.2. The number of unbranched alkanes of at least 4 members (excludes halogenated alkanes) is 46. The minimum atomic E-state index is -4.37. The molecular formula is C80H150N2O6P+. The summed E-state index contributed by atoms with van der Waals surface area (Å²) in [4.78, 5) is 23.5. The molecule has 520 valence electrons. The van der Waals surface area contributed by atoms with Gasteiger partial charge in [-0.05, 0) is 83.5 Å². The van der Waals surface area contributed by atoms with Crippen molar-refractivity contribution in [3.8, 4) is 0 Å². The Morgan fingerprint density at radius 1 is 0.393 bits per heavy atom. The van der Waals surface area contributed by atoms with Crippen molar-refractivity contribution < 1.29 is 32.9 Å². The van der Waals surface area contributed by atoms with E-state index in [1.165, 1.54) is 276 Å². The summed E-state index contributed by atoms with van der Waals surface area (Å²) in [6.07, 6.45) is 101. The molecule has 89 heavy (non-hydrogen) atoms. The van der Waals surface area contributed by atoms with Gasteiger partial charge in [-0.3, -0.25) is 13.8 Å². The number of hydrogen-bond acceptors (Lipinski definition) is 5. The molecule has 3 atom stereocenters. The molecule has 3 unspecified atom stereocenters. The number of rotatable bonds is 71. The summed E-state index contributed by atoms with van der Waals surface area (Å²) >= 11 is 0. The number of carbonyl (C=O) groups excluding carboxylic acids is 1. The van der Waals surface area contributed by atoms with E-state index in [9.17, 15) is 19.4 Å². The maximum Gasteiger partial charge on any atom is 0.472 e. The first kappa shape index (κ1) is 86.7. The lowest BCUT2D eigenvalue weighted by Crippen LogP contribution is -2.45. The van der Waals surface area contributed by atoms with Crippen molar-refractivity contribution >= 4 is 13.7 Å². The van der Waals surface area contributed by atoms with E-state index in [4.69, 9.17) is 9.05 Å². The van der Waals surface area contributed by atoms with Crippen LogP contribution in [0.4, 0.5) is 0 Å². The van der Waals surface area contributed by atoms with Crippen LogP contribution in [0, 0.1) is 0 Å². The molecule has 0 aliphatic carbocycles. The largest absolute Gasteiger partial charge is 0.472 e. The lowest BCUT2D eigenvalue weighted by Gasteiger charge is -2.25. The van der Waals surface area contributed by atoms with Crippen LogP contribution in [-0.2, 0) is 18.4 Å². The molecule has 0 spiro atoms. The van der Waals surface area contributed by atoms with Gasteiger partial charge in [0.25, 0.3) is 0 Å². The quantitative estimate of drug-likeness (QED) is 0.0243. The van der Waals surface area contributed by atoms with Crippen molar-refractivity contribution in [3.63, 3.8) is 0 Å². The van der Waals surface area contributed by atoms with E-state index in [0.29, 0.717) is 17.4 Å². The highest BCUT2D eigenvalue weighted by Gasteiger charge is 2.28. The minimum absolute atomic E-state index is 0.0527. The number of phosphoric acid groups is 1. The van der Waals surface area contributed by atoms with Crippen LogP contribution in [0.1, 0.15) is 367 Å². The first-order valence-corrected chi connectivity index (χ1v) is 40.0. The van der Waals surface area contributed by atoms with Crippen LogP contribution in [0.15, 0.2) is 85.1 Å². The number of amides is 1. The number of nitrogens with one attached hydrogen (secondary N) is 1. The maximum atomic E-state index is 13.1. The van der Waals surface area contributed by atoms with Crippen molar-refractivity contribution in [1.82, 2.24) is 5.32 Å². The van der Waals surface area contributed by atoms with E-state index in [1.54, 1.807) is 6.08 Å². The average Bonchev–Trinajstić information content (AvgIpc) is 3.64. The third-order valence-corrected chi connectivity index (χ3v) is 18.3. The van der Waals surface area contributed by atoms with Crippen LogP contribution in [0.3, 0.4) is 0 Å². The van der Waals surface area contributed by atoms with Crippen molar-refractivity contribution in [2.24, 2.45) is 0 Å². The molecule has 0 saturated carbocycles. The highest BCUT2D eigenvalue weighted by Crippen LogP contribution is 2.43. The Balaban J connectivity index is 4.04. The lowest BCUT2D eigenvalue weighted by molar-refractivity contribution is -0.870. The summed E-state index contributed by atoms with van der Waals surface area (Å²) in [7, 11) is 1.56. The van der Waals surface area contributed by atoms with Crippen LogP contribution < -0.4 is 5.32 Å². The predicted octanol–water partition coefficient (Wildman–Crippen LogP) is 25.1. The number of aliphatic hydroxyl groups excluding tert-OH is 1. The summed E-state index contributed by atoms with van der Waals surface area (Å²) in [5.74, 6) is -0.186. The Morgan fingerprint density at radius 3 is 1.03 bits per heavy atom. The average molecular weight is 1270 g/mol. The smallest absolute Gasteiger partial charge is 0.387 e. The fourth-order valence-electron chi connectivity index (χ4n) is 11.4. The van der Waals surface area contributed by atoms with Gasteiger partial charge in [-0.25, -0.2) is 4.57 Å². The third-order valence-electron chi connectivity index (χ3n) is 17.3. The number of allylic oxidation sites excluding steroid dienone is 13. The van der Waals surface area contributed by atoms with E-state index >= 15 is 0 Å². The van der Waals surface area contributed by atoms with Gasteiger partial charge in [-0.2, -0.15) is 0 Å². The van der Waals surface area contributed by atoms with Crippen molar-refractivity contribution in [2.45, 2.75) is 379 Å². The first-order chi connectivity index (χ1) is 43.5. The molecule has 8 nitrogen and oxygen atoms in total. The predicted molar refractivity (Wildman–Crippen MR) is 392 cm³/mol. The fraction of sp³-hybridized carbons (Fsp3) is 0.812. The Morgan fingerprint density at radius 2 is 0.685 bits per heavy atom. The zero-order valence-corrected chi connectivity index (χ0v) is 60.6. The van der Waals surface area contributed by atoms with E-state index in [-0.39, 0.29) is 19.1 Å². The summed E-state index contributed by atoms with van der Waals surface area (Å²) in [5, 5.41) is 14.0. The molecule has 0 bridgehead atoms. The number of nitrogens with zero attached hydrogens (tertiary/aromatic N) is 1. The van der Waals surface area contributed by atoms with Crippen molar-refractivity contribution in [1.29, 1.82) is 0 Å². The summed E-state index contributed by atoms with van der Waals surface area (Å²) in [5.41, 5.74) is 0. The normalized spacial score (nSPS) is 14.0. The SMILES string of the molecule is CC/C=C\C/C=C\C/C=C\C/C=C\CCCCCCCCCCCCCCCCCCCCCCCCC(=O)NC(COP(=O)(O)OCC[N+](C)(C)C)C(O)/C=C/CC/C=C/CC/C=C/CCCCCCCCCCCCCCCCCCCCCCCC. The zero-order chi connectivity index (χ0) is 64.8. The van der Waals surface area contributed by atoms with Gasteiger partial charge in [0.2, 0.25) is 5.91 Å². The lowest BCUT2D eigenvalue weighted by atomic mass is 10.0. The molecule has 0 heterocycles. The van der Waals surface area contributed by atoms with Crippen LogP contribution in [-0.4, -0.2) is 73.4 Å². The van der Waals surface area contributed by atoms with E-state index in [1.807, 2.05) is 27.2 Å². The van der Waals surface area contributed by atoms with Crippen molar-refractivity contribution in [3.05, 3.63) is 85.1 Å². The molecule has 0 saturated heterocycles. The van der Waals surface area contributed by atoms with E-state index in [2.05, 4.69) is 92.1 Å². The Bertz CT molecular complexity index is 1730. The summed E-state index contributed by atoms with van der Waals surface area (Å²) in [6, 6.07) is -0.874. The Labute approximate surface area is 554 Å². The number of hydrogen-bond donors (Lipinski definition) is 3. The number of quaternary nitrogens is 1. The molecule has 0 radical (unpaired) electrons. The molecule has 0 aliphatic rings. The maximum absolute atomic E-state index is 13.1. The van der Waals surface area contributed by atoms with Crippen LogP contribution in [0.5, 0.6) is 0 Å². The summed E-state index contributed by atoms with van der Waals surface area (Å²) < 4.78 is 23.8. The van der Waals surface area contributed by atoms with Gasteiger partial charge in [0, 0.05) is 6.42 Å². The monoisotopic (exact) mass is 1270 g/mol. The van der Waals surface area contributed by atoms with Crippen LogP contribution in [0.2, 0.25) is 0 Å². The minimum Gasteiger partial charge on any atom is -0.387 e. The molecule has 0 fully saturated rings.